The van der Waals surface area contributed by atoms with Crippen LogP contribution in [-0.2, 0) is 27.6 Å². The van der Waals surface area contributed by atoms with E-state index in [1.807, 2.05) is 0 Å². The lowest BCUT2D eigenvalue weighted by Crippen LogP contribution is -2.46. The Kier molecular flexibility index (Phi) is 4.39. The number of aryl methyl sites for hydroxylation is 1. The highest BCUT2D eigenvalue weighted by atomic mass is 32.2. The maximum atomic E-state index is 12.9. The van der Waals surface area contributed by atoms with Crippen LogP contribution in [-0.4, -0.2) is 56.3 Å². The van der Waals surface area contributed by atoms with Crippen molar-refractivity contribution in [3.8, 4) is 0 Å². The average Bonchev–Trinajstić information content (AvgIpc) is 3.02. The number of carboxylic acids is 1. The highest BCUT2D eigenvalue weighted by Crippen LogP contribution is 2.32. The van der Waals surface area contributed by atoms with E-state index in [0.29, 0.717) is 18.4 Å². The summed E-state index contributed by atoms with van der Waals surface area (Å²) in [6.07, 6.45) is 1.32. The van der Waals surface area contributed by atoms with Gasteiger partial charge in [-0.25, -0.2) is 17.6 Å². The fourth-order valence-electron chi connectivity index (χ4n) is 3.16. The Morgan fingerprint density at radius 3 is 2.87 bits per heavy atom. The second kappa shape index (κ2) is 6.18. The molecule has 1 saturated heterocycles. The van der Waals surface area contributed by atoms with Gasteiger partial charge in [0.1, 0.15) is 6.67 Å². The van der Waals surface area contributed by atoms with Gasteiger partial charge < -0.3 is 9.84 Å². The molecule has 0 saturated carbocycles. The van der Waals surface area contributed by atoms with Gasteiger partial charge in [0.15, 0.2) is 0 Å². The summed E-state index contributed by atoms with van der Waals surface area (Å²) in [6.45, 7) is -0.524. The van der Waals surface area contributed by atoms with Gasteiger partial charge in [0.2, 0.25) is 10.0 Å². The zero-order valence-electron chi connectivity index (χ0n) is 12.5. The summed E-state index contributed by atoms with van der Waals surface area (Å²) in [5, 5.41) is 9.22. The second-order valence-electron chi connectivity index (χ2n) is 5.78. The molecule has 1 aliphatic heterocycles. The van der Waals surface area contributed by atoms with Crippen molar-refractivity contribution < 1.29 is 27.4 Å². The molecule has 8 heteroatoms. The number of sulfonamides is 1. The van der Waals surface area contributed by atoms with Crippen LogP contribution in [0.25, 0.3) is 0 Å². The van der Waals surface area contributed by atoms with Crippen molar-refractivity contribution in [3.63, 3.8) is 0 Å². The average molecular weight is 343 g/mol. The molecule has 0 spiro atoms. The minimum atomic E-state index is -3.86. The number of morpholine rings is 1. The number of hydrogen-bond acceptors (Lipinski definition) is 4. The Morgan fingerprint density at radius 1 is 1.39 bits per heavy atom. The molecule has 1 heterocycles. The fraction of sp³-hybridized carbons (Fsp3) is 0.533. The zero-order valence-corrected chi connectivity index (χ0v) is 13.3. The van der Waals surface area contributed by atoms with Crippen molar-refractivity contribution in [2.75, 3.05) is 26.4 Å². The summed E-state index contributed by atoms with van der Waals surface area (Å²) in [6, 6.07) is 2.77. The van der Waals surface area contributed by atoms with Crippen molar-refractivity contribution in [1.29, 1.82) is 0 Å². The van der Waals surface area contributed by atoms with Gasteiger partial charge in [-0.05, 0) is 42.5 Å². The third-order valence-electron chi connectivity index (χ3n) is 4.31. The molecule has 3 rings (SSSR count). The lowest BCUT2D eigenvalue weighted by Gasteiger charge is -2.31. The Morgan fingerprint density at radius 2 is 2.17 bits per heavy atom. The van der Waals surface area contributed by atoms with E-state index in [1.165, 1.54) is 10.4 Å². The van der Waals surface area contributed by atoms with E-state index < -0.39 is 28.8 Å². The van der Waals surface area contributed by atoms with Crippen LogP contribution in [0.2, 0.25) is 0 Å². The first-order valence-corrected chi connectivity index (χ1v) is 8.94. The number of alkyl halides is 1. The first kappa shape index (κ1) is 16.4. The van der Waals surface area contributed by atoms with E-state index >= 15 is 0 Å². The zero-order chi connectivity index (χ0) is 16.6. The molecule has 6 nitrogen and oxygen atoms in total. The summed E-state index contributed by atoms with van der Waals surface area (Å²) in [5.74, 6) is -1.15. The predicted molar refractivity (Wildman–Crippen MR) is 79.9 cm³/mol. The minimum Gasteiger partial charge on any atom is -0.478 e. The summed E-state index contributed by atoms with van der Waals surface area (Å²) < 4.78 is 45.0. The summed E-state index contributed by atoms with van der Waals surface area (Å²) in [7, 11) is -3.86. The summed E-state index contributed by atoms with van der Waals surface area (Å²) >= 11 is 0. The first-order chi connectivity index (χ1) is 10.9. The molecule has 1 atom stereocenters. The van der Waals surface area contributed by atoms with Gasteiger partial charge in [0.05, 0.1) is 23.2 Å². The SMILES string of the molecule is O=C(O)c1cc2c(c(S(=O)(=O)N3CCOC(CF)C3)c1)CCC2. The van der Waals surface area contributed by atoms with Crippen LogP contribution >= 0.6 is 0 Å². The van der Waals surface area contributed by atoms with Crippen LogP contribution < -0.4 is 0 Å². The quantitative estimate of drug-likeness (QED) is 0.889. The number of aromatic carboxylic acids is 1. The fourth-order valence-corrected chi connectivity index (χ4v) is 4.94. The highest BCUT2D eigenvalue weighted by molar-refractivity contribution is 7.89. The number of rotatable bonds is 4. The van der Waals surface area contributed by atoms with E-state index in [1.54, 1.807) is 6.07 Å². The summed E-state index contributed by atoms with van der Waals surface area (Å²) in [5.41, 5.74) is 1.44. The van der Waals surface area contributed by atoms with Crippen LogP contribution in [0.15, 0.2) is 17.0 Å². The van der Waals surface area contributed by atoms with Crippen LogP contribution in [0, 0.1) is 0 Å². The molecule has 0 aromatic heterocycles. The van der Waals surface area contributed by atoms with E-state index in [2.05, 4.69) is 0 Å². The van der Waals surface area contributed by atoms with Crippen LogP contribution in [0.5, 0.6) is 0 Å². The second-order valence-corrected chi connectivity index (χ2v) is 7.69. The standard InChI is InChI=1S/C15H18FNO5S/c16-8-12-9-17(4-5-22-12)23(20,21)14-7-11(15(18)19)6-10-2-1-3-13(10)14/h6-7,12H,1-5,8-9H2,(H,18,19). The molecule has 23 heavy (non-hydrogen) atoms. The number of carboxylic acid groups (broad SMARTS) is 1. The Bertz CT molecular complexity index is 734. The van der Waals surface area contributed by atoms with Crippen LogP contribution in [0.4, 0.5) is 4.39 Å². The third kappa shape index (κ3) is 2.98. The van der Waals surface area contributed by atoms with Crippen molar-refractivity contribution in [3.05, 3.63) is 28.8 Å². The monoisotopic (exact) mass is 343 g/mol. The molecule has 2 aliphatic rings. The van der Waals surface area contributed by atoms with Crippen molar-refractivity contribution in [1.82, 2.24) is 4.31 Å². The van der Waals surface area contributed by atoms with E-state index in [-0.39, 0.29) is 30.2 Å². The highest BCUT2D eigenvalue weighted by Gasteiger charge is 2.34. The van der Waals surface area contributed by atoms with Crippen LogP contribution in [0.3, 0.4) is 0 Å². The summed E-state index contributed by atoms with van der Waals surface area (Å²) in [4.78, 5) is 11.3. The van der Waals surface area contributed by atoms with Gasteiger partial charge in [-0.2, -0.15) is 4.31 Å². The molecule has 1 N–H and O–H groups in total. The van der Waals surface area contributed by atoms with Crippen LogP contribution in [0.1, 0.15) is 27.9 Å². The number of hydrogen-bond donors (Lipinski definition) is 1. The molecule has 0 amide bonds. The third-order valence-corrected chi connectivity index (χ3v) is 6.24. The Hall–Kier alpha value is -1.51. The van der Waals surface area contributed by atoms with E-state index in [0.717, 1.165) is 12.0 Å². The number of nitrogens with zero attached hydrogens (tertiary/aromatic N) is 1. The van der Waals surface area contributed by atoms with Gasteiger partial charge >= 0.3 is 5.97 Å². The van der Waals surface area contributed by atoms with Gasteiger partial charge in [-0.1, -0.05) is 0 Å². The van der Waals surface area contributed by atoms with E-state index in [9.17, 15) is 22.7 Å². The smallest absolute Gasteiger partial charge is 0.335 e. The predicted octanol–water partition coefficient (Wildman–Crippen LogP) is 1.23. The van der Waals surface area contributed by atoms with Crippen molar-refractivity contribution in [2.45, 2.75) is 30.3 Å². The number of fused-ring (bicyclic) bond motifs is 1. The Balaban J connectivity index is 2.04. The Labute approximate surface area is 133 Å². The molecule has 1 aromatic rings. The number of ether oxygens (including phenoxy) is 1. The topological polar surface area (TPSA) is 83.9 Å². The van der Waals surface area contributed by atoms with Gasteiger partial charge in [0.25, 0.3) is 0 Å². The maximum Gasteiger partial charge on any atom is 0.335 e. The number of halogens is 1. The number of carbonyl (C=O) groups is 1. The van der Waals surface area contributed by atoms with Crippen molar-refractivity contribution in [2.24, 2.45) is 0 Å². The molecule has 0 radical (unpaired) electrons. The molecule has 126 valence electrons. The van der Waals surface area contributed by atoms with Crippen molar-refractivity contribution >= 4 is 16.0 Å². The minimum absolute atomic E-state index is 0.0282. The maximum absolute atomic E-state index is 12.9. The molecule has 1 unspecified atom stereocenters. The first-order valence-electron chi connectivity index (χ1n) is 7.50. The molecule has 1 aromatic carbocycles. The lowest BCUT2D eigenvalue weighted by atomic mass is 10.1. The number of benzene rings is 1. The molecule has 1 fully saturated rings. The van der Waals surface area contributed by atoms with E-state index in [4.69, 9.17) is 4.74 Å². The van der Waals surface area contributed by atoms with Gasteiger partial charge in [0, 0.05) is 13.1 Å². The lowest BCUT2D eigenvalue weighted by molar-refractivity contribution is -0.0136. The normalized spacial score (nSPS) is 22.0. The molecular formula is C15H18FNO5S. The molecule has 0 bridgehead atoms. The molecular weight excluding hydrogens is 325 g/mol. The van der Waals surface area contributed by atoms with Gasteiger partial charge in [-0.15, -0.1) is 0 Å². The van der Waals surface area contributed by atoms with Gasteiger partial charge in [-0.3, -0.25) is 0 Å². The molecule has 1 aliphatic carbocycles. The largest absolute Gasteiger partial charge is 0.478 e.